The highest BCUT2D eigenvalue weighted by Crippen LogP contribution is 2.21. The molecule has 1 aromatic carbocycles. The van der Waals surface area contributed by atoms with Gasteiger partial charge in [0, 0.05) is 22.9 Å². The monoisotopic (exact) mass is 198 g/mol. The van der Waals surface area contributed by atoms with Gasteiger partial charge in [-0.25, -0.2) is 0 Å². The third kappa shape index (κ3) is 1.99. The van der Waals surface area contributed by atoms with Gasteiger partial charge < -0.3 is 11.1 Å². The Morgan fingerprint density at radius 2 is 2.07 bits per heavy atom. The maximum absolute atomic E-state index is 8.10. The zero-order valence-electron chi connectivity index (χ0n) is 8.48. The Labute approximate surface area is 89.6 Å². The van der Waals surface area contributed by atoms with E-state index in [0.29, 0.717) is 11.4 Å². The average molecular weight is 198 g/mol. The molecule has 0 aromatic heterocycles. The number of rotatable bonds is 2. The van der Waals surface area contributed by atoms with Crippen LogP contribution in [0.15, 0.2) is 48.6 Å². The summed E-state index contributed by atoms with van der Waals surface area (Å²) in [6, 6.07) is 7.56. The zero-order chi connectivity index (χ0) is 10.7. The summed E-state index contributed by atoms with van der Waals surface area (Å²) in [5.41, 5.74) is 7.99. The van der Waals surface area contributed by atoms with E-state index < -0.39 is 0 Å². The zero-order valence-corrected chi connectivity index (χ0v) is 8.48. The molecule has 2 rings (SSSR count). The molecule has 1 aromatic rings. The molecule has 0 spiro atoms. The minimum absolute atomic E-state index is 0.166. The quantitative estimate of drug-likeness (QED) is 0.557. The fraction of sp³-hybridized carbons (Fsp3) is 0.154. The van der Waals surface area contributed by atoms with E-state index in [9.17, 15) is 0 Å². The molecule has 1 aliphatic rings. The molecule has 3 N–H and O–H groups in total. The second-order valence-electron chi connectivity index (χ2n) is 3.66. The number of nitrogens with two attached hydrogens (primary N) is 1. The Morgan fingerprint density at radius 3 is 2.73 bits per heavy atom. The maximum atomic E-state index is 8.10. The SMILES string of the molecule is N=C(c1ccccc1N)C1C=CC=CC1. The van der Waals surface area contributed by atoms with Gasteiger partial charge in [-0.05, 0) is 12.5 Å². The first kappa shape index (κ1) is 9.71. The summed E-state index contributed by atoms with van der Waals surface area (Å²) in [7, 11) is 0. The first-order valence-electron chi connectivity index (χ1n) is 5.05. The van der Waals surface area contributed by atoms with Crippen molar-refractivity contribution >= 4 is 11.4 Å². The smallest absolute Gasteiger partial charge is 0.0478 e. The Balaban J connectivity index is 2.25. The van der Waals surface area contributed by atoms with Crippen LogP contribution in [-0.4, -0.2) is 5.71 Å². The summed E-state index contributed by atoms with van der Waals surface area (Å²) in [6.45, 7) is 0. The predicted octanol–water partition coefficient (Wildman–Crippen LogP) is 2.77. The van der Waals surface area contributed by atoms with Crippen LogP contribution in [0.5, 0.6) is 0 Å². The van der Waals surface area contributed by atoms with E-state index >= 15 is 0 Å². The van der Waals surface area contributed by atoms with Crippen molar-refractivity contribution in [1.29, 1.82) is 5.41 Å². The highest BCUT2D eigenvalue weighted by atomic mass is 14.6. The van der Waals surface area contributed by atoms with Gasteiger partial charge in [0.1, 0.15) is 0 Å². The van der Waals surface area contributed by atoms with Crippen molar-refractivity contribution in [1.82, 2.24) is 0 Å². The minimum Gasteiger partial charge on any atom is -0.398 e. The Hall–Kier alpha value is -1.83. The molecule has 0 saturated carbocycles. The van der Waals surface area contributed by atoms with Crippen LogP contribution in [0.2, 0.25) is 0 Å². The molecule has 1 atom stereocenters. The highest BCUT2D eigenvalue weighted by Gasteiger charge is 2.14. The fourth-order valence-corrected chi connectivity index (χ4v) is 1.74. The van der Waals surface area contributed by atoms with Crippen molar-refractivity contribution in [2.24, 2.45) is 5.92 Å². The van der Waals surface area contributed by atoms with Gasteiger partial charge in [0.25, 0.3) is 0 Å². The van der Waals surface area contributed by atoms with Crippen molar-refractivity contribution in [2.45, 2.75) is 6.42 Å². The number of anilines is 1. The first-order chi connectivity index (χ1) is 7.29. The number of para-hydroxylation sites is 1. The molecule has 0 fully saturated rings. The lowest BCUT2D eigenvalue weighted by Crippen LogP contribution is -2.14. The molecule has 0 radical (unpaired) electrons. The van der Waals surface area contributed by atoms with Gasteiger partial charge in [-0.1, -0.05) is 42.5 Å². The van der Waals surface area contributed by atoms with E-state index in [1.165, 1.54) is 0 Å². The van der Waals surface area contributed by atoms with Crippen LogP contribution < -0.4 is 5.73 Å². The van der Waals surface area contributed by atoms with Gasteiger partial charge in [-0.15, -0.1) is 0 Å². The normalized spacial score (nSPS) is 19.1. The summed E-state index contributed by atoms with van der Waals surface area (Å²) in [5, 5.41) is 8.10. The summed E-state index contributed by atoms with van der Waals surface area (Å²) in [4.78, 5) is 0. The van der Waals surface area contributed by atoms with Crippen LogP contribution in [0.4, 0.5) is 5.69 Å². The predicted molar refractivity (Wildman–Crippen MR) is 64.1 cm³/mol. The number of nitrogen functional groups attached to an aromatic ring is 1. The van der Waals surface area contributed by atoms with Crippen molar-refractivity contribution in [3.8, 4) is 0 Å². The lowest BCUT2D eigenvalue weighted by Gasteiger charge is -2.15. The molecule has 2 heteroatoms. The molecule has 2 nitrogen and oxygen atoms in total. The van der Waals surface area contributed by atoms with Crippen LogP contribution in [0.3, 0.4) is 0 Å². The Morgan fingerprint density at radius 1 is 1.27 bits per heavy atom. The van der Waals surface area contributed by atoms with Crippen molar-refractivity contribution in [3.63, 3.8) is 0 Å². The van der Waals surface area contributed by atoms with E-state index in [-0.39, 0.29) is 5.92 Å². The van der Waals surface area contributed by atoms with Gasteiger partial charge in [0.2, 0.25) is 0 Å². The molecule has 0 heterocycles. The standard InChI is InChI=1S/C13H14N2/c14-12-9-5-4-8-11(12)13(15)10-6-2-1-3-7-10/h1-6,8-10,15H,7,14H2. The molecule has 0 amide bonds. The van der Waals surface area contributed by atoms with E-state index in [0.717, 1.165) is 12.0 Å². The summed E-state index contributed by atoms with van der Waals surface area (Å²) in [5.74, 6) is 0.166. The molecular formula is C13H14N2. The second-order valence-corrected chi connectivity index (χ2v) is 3.66. The maximum Gasteiger partial charge on any atom is 0.0478 e. The number of hydrogen-bond acceptors (Lipinski definition) is 2. The molecule has 0 saturated heterocycles. The summed E-state index contributed by atoms with van der Waals surface area (Å²) in [6.07, 6.45) is 9.02. The van der Waals surface area contributed by atoms with E-state index in [1.54, 1.807) is 0 Å². The second kappa shape index (κ2) is 4.13. The molecule has 1 unspecified atom stereocenters. The van der Waals surface area contributed by atoms with Crippen molar-refractivity contribution in [3.05, 3.63) is 54.1 Å². The van der Waals surface area contributed by atoms with Crippen molar-refractivity contribution < 1.29 is 0 Å². The van der Waals surface area contributed by atoms with Crippen molar-refractivity contribution in [2.75, 3.05) is 5.73 Å². The first-order valence-corrected chi connectivity index (χ1v) is 5.05. The van der Waals surface area contributed by atoms with E-state index in [1.807, 2.05) is 36.4 Å². The van der Waals surface area contributed by atoms with Gasteiger partial charge in [0.05, 0.1) is 0 Å². The lowest BCUT2D eigenvalue weighted by molar-refractivity contribution is 0.863. The topological polar surface area (TPSA) is 49.9 Å². The van der Waals surface area contributed by atoms with Crippen LogP contribution in [-0.2, 0) is 0 Å². The van der Waals surface area contributed by atoms with Gasteiger partial charge in [-0.3, -0.25) is 0 Å². The van der Waals surface area contributed by atoms with Crippen LogP contribution in [0.25, 0.3) is 0 Å². The molecular weight excluding hydrogens is 184 g/mol. The molecule has 0 aliphatic heterocycles. The highest BCUT2D eigenvalue weighted by molar-refractivity contribution is 6.05. The number of allylic oxidation sites excluding steroid dienone is 4. The van der Waals surface area contributed by atoms with Crippen LogP contribution >= 0.6 is 0 Å². The van der Waals surface area contributed by atoms with Crippen LogP contribution in [0, 0.1) is 11.3 Å². The molecule has 1 aliphatic carbocycles. The lowest BCUT2D eigenvalue weighted by atomic mass is 9.90. The average Bonchev–Trinajstić information content (AvgIpc) is 2.30. The minimum atomic E-state index is 0.166. The number of hydrogen-bond donors (Lipinski definition) is 2. The van der Waals surface area contributed by atoms with Crippen LogP contribution in [0.1, 0.15) is 12.0 Å². The van der Waals surface area contributed by atoms with E-state index in [4.69, 9.17) is 11.1 Å². The van der Waals surface area contributed by atoms with Gasteiger partial charge in [0.15, 0.2) is 0 Å². The molecule has 15 heavy (non-hydrogen) atoms. The largest absolute Gasteiger partial charge is 0.398 e. The third-order valence-electron chi connectivity index (χ3n) is 2.60. The Kier molecular flexibility index (Phi) is 2.68. The third-order valence-corrected chi connectivity index (χ3v) is 2.60. The van der Waals surface area contributed by atoms with Gasteiger partial charge in [-0.2, -0.15) is 0 Å². The molecule has 0 bridgehead atoms. The number of nitrogens with one attached hydrogen (secondary N) is 1. The number of benzene rings is 1. The summed E-state index contributed by atoms with van der Waals surface area (Å²) >= 11 is 0. The van der Waals surface area contributed by atoms with Gasteiger partial charge >= 0.3 is 0 Å². The Bertz CT molecular complexity index is 430. The molecule has 76 valence electrons. The van der Waals surface area contributed by atoms with E-state index in [2.05, 4.69) is 12.2 Å². The summed E-state index contributed by atoms with van der Waals surface area (Å²) < 4.78 is 0. The fourth-order valence-electron chi connectivity index (χ4n) is 1.74.